The number of ether oxygens (including phenoxy) is 1. The molecule has 0 bridgehead atoms. The van der Waals surface area contributed by atoms with E-state index in [0.29, 0.717) is 10.9 Å². The molecule has 23 heavy (non-hydrogen) atoms. The summed E-state index contributed by atoms with van der Waals surface area (Å²) < 4.78 is 33.1. The second-order valence-corrected chi connectivity index (χ2v) is 5.26. The quantitative estimate of drug-likeness (QED) is 0.642. The Morgan fingerprint density at radius 2 is 1.83 bits per heavy atom. The minimum absolute atomic E-state index is 0.0302. The van der Waals surface area contributed by atoms with Crippen molar-refractivity contribution in [2.75, 3.05) is 7.11 Å². The first-order valence-corrected chi connectivity index (χ1v) is 7.01. The number of esters is 1. The number of methoxy groups -OCH3 is 1. The van der Waals surface area contributed by atoms with Gasteiger partial charge in [0.05, 0.1) is 23.8 Å². The second kappa shape index (κ2) is 5.93. The van der Waals surface area contributed by atoms with Crippen LogP contribution < -0.4 is 0 Å². The van der Waals surface area contributed by atoms with Gasteiger partial charge in [-0.3, -0.25) is 4.98 Å². The molecular formula is C17H10ClF2NO2. The molecule has 1 heterocycles. The van der Waals surface area contributed by atoms with Gasteiger partial charge in [0.2, 0.25) is 0 Å². The predicted molar refractivity (Wildman–Crippen MR) is 83.4 cm³/mol. The summed E-state index contributed by atoms with van der Waals surface area (Å²) >= 11 is 5.66. The molecule has 3 aromatic rings. The van der Waals surface area contributed by atoms with Crippen molar-refractivity contribution >= 4 is 28.5 Å². The van der Waals surface area contributed by atoms with E-state index in [2.05, 4.69) is 9.72 Å². The summed E-state index contributed by atoms with van der Waals surface area (Å²) in [6.45, 7) is 0. The van der Waals surface area contributed by atoms with E-state index in [0.717, 1.165) is 12.1 Å². The summed E-state index contributed by atoms with van der Waals surface area (Å²) in [6, 6.07) is 8.19. The van der Waals surface area contributed by atoms with E-state index in [-0.39, 0.29) is 21.7 Å². The Labute approximate surface area is 135 Å². The molecule has 3 rings (SSSR count). The average Bonchev–Trinajstić information content (AvgIpc) is 2.53. The van der Waals surface area contributed by atoms with Crippen molar-refractivity contribution in [2.24, 2.45) is 0 Å². The molecule has 0 aliphatic heterocycles. The number of carbonyl (C=O) groups is 1. The van der Waals surface area contributed by atoms with Crippen molar-refractivity contribution in [3.8, 4) is 11.1 Å². The van der Waals surface area contributed by atoms with Crippen molar-refractivity contribution in [2.45, 2.75) is 0 Å². The van der Waals surface area contributed by atoms with Gasteiger partial charge in [-0.2, -0.15) is 0 Å². The summed E-state index contributed by atoms with van der Waals surface area (Å²) in [7, 11) is 1.26. The van der Waals surface area contributed by atoms with Gasteiger partial charge in [0.15, 0.2) is 0 Å². The van der Waals surface area contributed by atoms with Crippen molar-refractivity contribution in [1.29, 1.82) is 0 Å². The third-order valence-electron chi connectivity index (χ3n) is 3.44. The Balaban J connectivity index is 2.32. The van der Waals surface area contributed by atoms with Gasteiger partial charge in [-0.1, -0.05) is 11.6 Å². The van der Waals surface area contributed by atoms with E-state index in [9.17, 15) is 13.6 Å². The van der Waals surface area contributed by atoms with Crippen LogP contribution in [0.2, 0.25) is 5.02 Å². The fourth-order valence-electron chi connectivity index (χ4n) is 2.41. The highest BCUT2D eigenvalue weighted by Crippen LogP contribution is 2.33. The Kier molecular flexibility index (Phi) is 3.96. The molecule has 2 aromatic carbocycles. The molecule has 0 aliphatic rings. The number of pyridine rings is 1. The van der Waals surface area contributed by atoms with Crippen LogP contribution in [0.3, 0.4) is 0 Å². The van der Waals surface area contributed by atoms with E-state index in [1.165, 1.54) is 25.4 Å². The van der Waals surface area contributed by atoms with E-state index in [1.807, 2.05) is 0 Å². The molecule has 0 spiro atoms. The molecule has 0 amide bonds. The molecule has 0 N–H and O–H groups in total. The lowest BCUT2D eigenvalue weighted by atomic mass is 9.99. The first kappa shape index (κ1) is 15.4. The molecule has 0 unspecified atom stereocenters. The number of hydrogen-bond acceptors (Lipinski definition) is 3. The average molecular weight is 334 g/mol. The van der Waals surface area contributed by atoms with Crippen LogP contribution in [0.15, 0.2) is 42.6 Å². The van der Waals surface area contributed by atoms with Crippen LogP contribution in [0.4, 0.5) is 8.78 Å². The van der Waals surface area contributed by atoms with Gasteiger partial charge < -0.3 is 4.74 Å². The third kappa shape index (κ3) is 2.75. The van der Waals surface area contributed by atoms with Gasteiger partial charge in [-0.15, -0.1) is 0 Å². The van der Waals surface area contributed by atoms with Crippen LogP contribution in [0.1, 0.15) is 10.4 Å². The molecule has 0 fully saturated rings. The van der Waals surface area contributed by atoms with E-state index >= 15 is 0 Å². The highest BCUT2D eigenvalue weighted by molar-refractivity contribution is 6.30. The summed E-state index contributed by atoms with van der Waals surface area (Å²) in [4.78, 5) is 15.8. The monoisotopic (exact) mass is 333 g/mol. The van der Waals surface area contributed by atoms with E-state index < -0.39 is 17.6 Å². The molecule has 116 valence electrons. The number of nitrogens with zero attached hydrogens (tertiary/aromatic N) is 1. The van der Waals surface area contributed by atoms with Gasteiger partial charge in [0, 0.05) is 16.6 Å². The highest BCUT2D eigenvalue weighted by atomic mass is 35.5. The fourth-order valence-corrected chi connectivity index (χ4v) is 2.60. The van der Waals surface area contributed by atoms with E-state index in [4.69, 9.17) is 11.6 Å². The molecular weight excluding hydrogens is 324 g/mol. The van der Waals surface area contributed by atoms with Crippen LogP contribution in [0.5, 0.6) is 0 Å². The first-order chi connectivity index (χ1) is 11.0. The van der Waals surface area contributed by atoms with E-state index in [1.54, 1.807) is 12.1 Å². The number of aromatic nitrogens is 1. The number of carbonyl (C=O) groups excluding carboxylic acids is 1. The lowest BCUT2D eigenvalue weighted by molar-refractivity contribution is 0.0601. The lowest BCUT2D eigenvalue weighted by Crippen LogP contribution is -2.01. The van der Waals surface area contributed by atoms with Crippen LogP contribution in [0, 0.1) is 11.6 Å². The molecule has 0 atom stereocenters. The molecule has 0 radical (unpaired) electrons. The zero-order valence-corrected chi connectivity index (χ0v) is 12.7. The van der Waals surface area contributed by atoms with Crippen LogP contribution in [-0.4, -0.2) is 18.1 Å². The van der Waals surface area contributed by atoms with Crippen LogP contribution in [0.25, 0.3) is 22.0 Å². The van der Waals surface area contributed by atoms with Gasteiger partial charge in [-0.05, 0) is 42.0 Å². The standard InChI is InChI=1S/C17H10ClF2NO2/c1-23-17(22)9-2-3-15-12(6-9)11(4-5-21-15)16-13(19)7-10(18)8-14(16)20/h2-8H,1H3. The Bertz CT molecular complexity index is 905. The van der Waals surface area contributed by atoms with Gasteiger partial charge in [-0.25, -0.2) is 13.6 Å². The molecule has 0 saturated carbocycles. The van der Waals surface area contributed by atoms with Crippen molar-refractivity contribution in [3.05, 3.63) is 64.8 Å². The number of hydrogen-bond donors (Lipinski definition) is 0. The molecule has 1 aromatic heterocycles. The number of benzene rings is 2. The zero-order chi connectivity index (χ0) is 16.6. The number of rotatable bonds is 2. The Morgan fingerprint density at radius 1 is 1.13 bits per heavy atom. The zero-order valence-electron chi connectivity index (χ0n) is 11.9. The Morgan fingerprint density at radius 3 is 2.48 bits per heavy atom. The maximum atomic E-state index is 14.2. The summed E-state index contributed by atoms with van der Waals surface area (Å²) in [5, 5.41) is 0.410. The SMILES string of the molecule is COC(=O)c1ccc2nccc(-c3c(F)cc(Cl)cc3F)c2c1. The van der Waals surface area contributed by atoms with Gasteiger partial charge >= 0.3 is 5.97 Å². The van der Waals surface area contributed by atoms with Crippen molar-refractivity contribution < 1.29 is 18.3 Å². The summed E-state index contributed by atoms with van der Waals surface area (Å²) in [5.41, 5.74) is 0.837. The lowest BCUT2D eigenvalue weighted by Gasteiger charge is -2.10. The minimum atomic E-state index is -0.786. The second-order valence-electron chi connectivity index (χ2n) is 4.83. The predicted octanol–water partition coefficient (Wildman–Crippen LogP) is 4.62. The van der Waals surface area contributed by atoms with Crippen molar-refractivity contribution in [3.63, 3.8) is 0 Å². The molecule has 6 heteroatoms. The fraction of sp³-hybridized carbons (Fsp3) is 0.0588. The van der Waals surface area contributed by atoms with Gasteiger partial charge in [0.25, 0.3) is 0 Å². The Hall–Kier alpha value is -2.53. The number of halogens is 3. The maximum absolute atomic E-state index is 14.2. The van der Waals surface area contributed by atoms with Crippen molar-refractivity contribution in [1.82, 2.24) is 4.98 Å². The largest absolute Gasteiger partial charge is 0.465 e. The molecule has 0 saturated heterocycles. The first-order valence-electron chi connectivity index (χ1n) is 6.63. The maximum Gasteiger partial charge on any atom is 0.337 e. The normalized spacial score (nSPS) is 10.8. The topological polar surface area (TPSA) is 39.2 Å². The van der Waals surface area contributed by atoms with Crippen LogP contribution in [-0.2, 0) is 4.74 Å². The smallest absolute Gasteiger partial charge is 0.337 e. The molecule has 3 nitrogen and oxygen atoms in total. The summed E-state index contributed by atoms with van der Waals surface area (Å²) in [6.07, 6.45) is 1.45. The third-order valence-corrected chi connectivity index (χ3v) is 3.66. The summed E-state index contributed by atoms with van der Waals surface area (Å²) in [5.74, 6) is -2.12. The highest BCUT2D eigenvalue weighted by Gasteiger charge is 2.17. The number of fused-ring (bicyclic) bond motifs is 1. The molecule has 0 aliphatic carbocycles. The minimum Gasteiger partial charge on any atom is -0.465 e. The van der Waals surface area contributed by atoms with Crippen LogP contribution >= 0.6 is 11.6 Å². The van der Waals surface area contributed by atoms with Gasteiger partial charge in [0.1, 0.15) is 11.6 Å².